The van der Waals surface area contributed by atoms with E-state index >= 15 is 0 Å². The summed E-state index contributed by atoms with van der Waals surface area (Å²) in [5, 5.41) is 0. The third-order valence-corrected chi connectivity index (χ3v) is 1.72. The molecule has 0 saturated heterocycles. The van der Waals surface area contributed by atoms with E-state index in [0.29, 0.717) is 18.6 Å². The van der Waals surface area contributed by atoms with E-state index in [-0.39, 0.29) is 18.0 Å². The van der Waals surface area contributed by atoms with Gasteiger partial charge in [-0.1, -0.05) is 6.92 Å². The molecule has 0 aromatic rings. The van der Waals surface area contributed by atoms with Gasteiger partial charge in [0, 0.05) is 12.8 Å². The van der Waals surface area contributed by atoms with E-state index < -0.39 is 0 Å². The quantitative estimate of drug-likeness (QED) is 0.490. The highest BCUT2D eigenvalue weighted by Crippen LogP contribution is 1.98. The number of thiol groups is 1. The maximum Gasteiger partial charge on any atom is 0.140 e. The zero-order chi connectivity index (χ0) is 8.69. The number of Topliss-reactive ketones (excluding diaryl/α,β-unsaturated/α-hetero) is 2. The molecule has 0 N–H and O–H groups in total. The van der Waals surface area contributed by atoms with Crippen LogP contribution in [-0.4, -0.2) is 17.3 Å². The molecule has 0 aliphatic rings. The highest BCUT2D eigenvalue weighted by Gasteiger charge is 2.05. The SMILES string of the molecule is CCC(=O)CC(=O)CCCS. The third-order valence-electron chi connectivity index (χ3n) is 1.40. The Hall–Kier alpha value is -0.310. The lowest BCUT2D eigenvalue weighted by molar-refractivity contribution is -0.126. The molecule has 0 fully saturated rings. The Balaban J connectivity index is 3.44. The van der Waals surface area contributed by atoms with Crippen LogP contribution in [0.4, 0.5) is 0 Å². The van der Waals surface area contributed by atoms with Gasteiger partial charge in [-0.15, -0.1) is 0 Å². The van der Waals surface area contributed by atoms with E-state index in [0.717, 1.165) is 6.42 Å². The molecule has 0 aromatic carbocycles. The van der Waals surface area contributed by atoms with E-state index in [1.165, 1.54) is 0 Å². The molecule has 0 radical (unpaired) electrons. The van der Waals surface area contributed by atoms with Crippen molar-refractivity contribution in [2.45, 2.75) is 32.6 Å². The summed E-state index contributed by atoms with van der Waals surface area (Å²) in [6.07, 6.45) is 1.85. The summed E-state index contributed by atoms with van der Waals surface area (Å²) in [5.74, 6) is 0.798. The van der Waals surface area contributed by atoms with E-state index in [1.807, 2.05) is 0 Å². The number of ketones is 2. The summed E-state index contributed by atoms with van der Waals surface area (Å²) in [5.41, 5.74) is 0. The average molecular weight is 174 g/mol. The fourth-order valence-electron chi connectivity index (χ4n) is 0.710. The Morgan fingerprint density at radius 1 is 1.27 bits per heavy atom. The summed E-state index contributed by atoms with van der Waals surface area (Å²) >= 11 is 3.97. The van der Waals surface area contributed by atoms with Crippen LogP contribution in [0.5, 0.6) is 0 Å². The Morgan fingerprint density at radius 2 is 1.91 bits per heavy atom. The molecule has 0 heterocycles. The molecule has 0 aliphatic heterocycles. The molecule has 0 unspecified atom stereocenters. The highest BCUT2D eigenvalue weighted by atomic mass is 32.1. The fourth-order valence-corrected chi connectivity index (χ4v) is 0.868. The van der Waals surface area contributed by atoms with Crippen LogP contribution >= 0.6 is 12.6 Å². The predicted molar refractivity (Wildman–Crippen MR) is 48.0 cm³/mol. The number of carbonyl (C=O) groups is 2. The van der Waals surface area contributed by atoms with E-state index in [4.69, 9.17) is 0 Å². The van der Waals surface area contributed by atoms with Crippen molar-refractivity contribution in [2.24, 2.45) is 0 Å². The molecule has 0 aliphatic carbocycles. The summed E-state index contributed by atoms with van der Waals surface area (Å²) in [4.78, 5) is 21.7. The van der Waals surface area contributed by atoms with Crippen molar-refractivity contribution < 1.29 is 9.59 Å². The lowest BCUT2D eigenvalue weighted by atomic mass is 10.1. The van der Waals surface area contributed by atoms with Gasteiger partial charge >= 0.3 is 0 Å². The lowest BCUT2D eigenvalue weighted by Crippen LogP contribution is -2.06. The molecule has 64 valence electrons. The predicted octanol–water partition coefficient (Wildman–Crippen LogP) is 1.63. The topological polar surface area (TPSA) is 34.1 Å². The van der Waals surface area contributed by atoms with Gasteiger partial charge in [0.2, 0.25) is 0 Å². The van der Waals surface area contributed by atoms with Crippen LogP contribution in [0, 0.1) is 0 Å². The Morgan fingerprint density at radius 3 is 2.36 bits per heavy atom. The maximum atomic E-state index is 10.9. The van der Waals surface area contributed by atoms with Crippen LogP contribution in [0.3, 0.4) is 0 Å². The minimum atomic E-state index is 0.0363. The van der Waals surface area contributed by atoms with E-state index in [1.54, 1.807) is 6.92 Å². The van der Waals surface area contributed by atoms with Gasteiger partial charge in [0.25, 0.3) is 0 Å². The lowest BCUT2D eigenvalue weighted by Gasteiger charge is -1.95. The fraction of sp³-hybridized carbons (Fsp3) is 0.750. The molecule has 0 atom stereocenters. The van der Waals surface area contributed by atoms with Gasteiger partial charge in [0.15, 0.2) is 0 Å². The third kappa shape index (κ3) is 6.10. The maximum absolute atomic E-state index is 10.9. The molecule has 0 amide bonds. The van der Waals surface area contributed by atoms with Crippen molar-refractivity contribution in [1.29, 1.82) is 0 Å². The summed E-state index contributed by atoms with van der Waals surface area (Å²) in [7, 11) is 0. The van der Waals surface area contributed by atoms with Crippen molar-refractivity contribution in [1.82, 2.24) is 0 Å². The van der Waals surface area contributed by atoms with Gasteiger partial charge in [-0.05, 0) is 12.2 Å². The minimum Gasteiger partial charge on any atom is -0.299 e. The molecule has 0 saturated carbocycles. The van der Waals surface area contributed by atoms with E-state index in [2.05, 4.69) is 12.6 Å². The number of carbonyl (C=O) groups excluding carboxylic acids is 2. The van der Waals surface area contributed by atoms with Crippen molar-refractivity contribution in [3.8, 4) is 0 Å². The smallest absolute Gasteiger partial charge is 0.140 e. The van der Waals surface area contributed by atoms with Gasteiger partial charge in [-0.25, -0.2) is 0 Å². The Kier molecular flexibility index (Phi) is 6.22. The second kappa shape index (κ2) is 6.40. The molecule has 0 bridgehead atoms. The van der Waals surface area contributed by atoms with E-state index in [9.17, 15) is 9.59 Å². The van der Waals surface area contributed by atoms with Crippen LogP contribution in [-0.2, 0) is 9.59 Å². The number of rotatable bonds is 6. The van der Waals surface area contributed by atoms with Crippen molar-refractivity contribution in [3.05, 3.63) is 0 Å². The zero-order valence-electron chi connectivity index (χ0n) is 6.80. The van der Waals surface area contributed by atoms with Crippen molar-refractivity contribution >= 4 is 24.2 Å². The van der Waals surface area contributed by atoms with Crippen LogP contribution in [0.15, 0.2) is 0 Å². The first-order valence-electron chi connectivity index (χ1n) is 3.85. The van der Waals surface area contributed by atoms with Gasteiger partial charge in [0.05, 0.1) is 6.42 Å². The summed E-state index contributed by atoms with van der Waals surface area (Å²) in [6.45, 7) is 1.77. The van der Waals surface area contributed by atoms with Crippen molar-refractivity contribution in [3.63, 3.8) is 0 Å². The summed E-state index contributed by atoms with van der Waals surface area (Å²) in [6, 6.07) is 0. The Bertz CT molecular complexity index is 143. The van der Waals surface area contributed by atoms with Gasteiger partial charge < -0.3 is 0 Å². The largest absolute Gasteiger partial charge is 0.299 e. The minimum absolute atomic E-state index is 0.0363. The molecule has 0 rings (SSSR count). The van der Waals surface area contributed by atoms with Crippen LogP contribution in [0.2, 0.25) is 0 Å². The Labute approximate surface area is 72.8 Å². The molecule has 11 heavy (non-hydrogen) atoms. The molecule has 0 aromatic heterocycles. The number of hydrogen-bond acceptors (Lipinski definition) is 3. The molecule has 3 heteroatoms. The van der Waals surface area contributed by atoms with Gasteiger partial charge in [-0.2, -0.15) is 12.6 Å². The second-order valence-corrected chi connectivity index (χ2v) is 2.88. The molecule has 2 nitrogen and oxygen atoms in total. The standard InChI is InChI=1S/C8H14O2S/c1-2-7(9)6-8(10)4-3-5-11/h11H,2-6H2,1H3. The van der Waals surface area contributed by atoms with Crippen LogP contribution in [0.1, 0.15) is 32.6 Å². The zero-order valence-corrected chi connectivity index (χ0v) is 7.69. The normalized spacial score (nSPS) is 9.64. The van der Waals surface area contributed by atoms with Gasteiger partial charge in [-0.3, -0.25) is 9.59 Å². The highest BCUT2D eigenvalue weighted by molar-refractivity contribution is 7.80. The first-order chi connectivity index (χ1) is 5.20. The molecular weight excluding hydrogens is 160 g/mol. The van der Waals surface area contributed by atoms with Crippen LogP contribution < -0.4 is 0 Å². The summed E-state index contributed by atoms with van der Waals surface area (Å²) < 4.78 is 0. The first-order valence-corrected chi connectivity index (χ1v) is 4.48. The van der Waals surface area contributed by atoms with Gasteiger partial charge in [0.1, 0.15) is 11.6 Å². The van der Waals surface area contributed by atoms with Crippen LogP contribution in [0.25, 0.3) is 0 Å². The van der Waals surface area contributed by atoms with Crippen molar-refractivity contribution in [2.75, 3.05) is 5.75 Å². The molecule has 0 spiro atoms. The monoisotopic (exact) mass is 174 g/mol. The number of hydrogen-bond donors (Lipinski definition) is 1. The molecular formula is C8H14O2S. The first kappa shape index (κ1) is 10.7. The average Bonchev–Trinajstić information content (AvgIpc) is 2.00. The second-order valence-electron chi connectivity index (χ2n) is 2.43.